The number of rotatable bonds is 7. The summed E-state index contributed by atoms with van der Waals surface area (Å²) < 4.78 is 2.31. The number of hydrogen-bond acceptors (Lipinski definition) is 4. The highest BCUT2D eigenvalue weighted by atomic mass is 32.2. The second-order valence-electron chi connectivity index (χ2n) is 6.89. The average molecular weight is 341 g/mol. The van der Waals surface area contributed by atoms with Crippen LogP contribution in [0.3, 0.4) is 0 Å². The van der Waals surface area contributed by atoms with Gasteiger partial charge in [0.2, 0.25) is 0 Å². The molecule has 1 aromatic heterocycles. The van der Waals surface area contributed by atoms with Crippen LogP contribution in [0.25, 0.3) is 0 Å². The van der Waals surface area contributed by atoms with Crippen molar-refractivity contribution < 1.29 is 4.79 Å². The number of aryl methyl sites for hydroxylation is 1. The van der Waals surface area contributed by atoms with E-state index < -0.39 is 0 Å². The first kappa shape index (κ1) is 15.9. The lowest BCUT2D eigenvalue weighted by Crippen LogP contribution is -2.15. The summed E-state index contributed by atoms with van der Waals surface area (Å²) in [4.78, 5) is 12.7. The van der Waals surface area contributed by atoms with Gasteiger partial charge in [-0.25, -0.2) is 0 Å². The largest absolute Gasteiger partial charge is 0.303 e. The monoisotopic (exact) mass is 341 g/mol. The fourth-order valence-electron chi connectivity index (χ4n) is 3.02. The van der Waals surface area contributed by atoms with Crippen molar-refractivity contribution in [3.63, 3.8) is 0 Å². The molecule has 2 aromatic rings. The second kappa shape index (κ2) is 6.36. The van der Waals surface area contributed by atoms with E-state index in [1.54, 1.807) is 11.8 Å². The van der Waals surface area contributed by atoms with E-state index in [1.807, 2.05) is 31.2 Å². The van der Waals surface area contributed by atoms with Crippen LogP contribution in [-0.4, -0.2) is 25.8 Å². The third-order valence-corrected chi connectivity index (χ3v) is 5.90. The summed E-state index contributed by atoms with van der Waals surface area (Å²) in [6, 6.07) is 8.54. The van der Waals surface area contributed by atoms with E-state index in [-0.39, 0.29) is 11.0 Å². The van der Waals surface area contributed by atoms with Crippen molar-refractivity contribution >= 4 is 17.5 Å². The number of benzene rings is 1. The molecule has 2 fully saturated rings. The normalized spacial score (nSPS) is 18.6. The molecular formula is C19H23N3OS. The molecule has 2 saturated carbocycles. The lowest BCUT2D eigenvalue weighted by Gasteiger charge is -2.12. The van der Waals surface area contributed by atoms with Crippen LogP contribution >= 0.6 is 11.8 Å². The van der Waals surface area contributed by atoms with Crippen LogP contribution in [0.15, 0.2) is 29.4 Å². The summed E-state index contributed by atoms with van der Waals surface area (Å²) in [6.07, 6.45) is 5.88. The quantitative estimate of drug-likeness (QED) is 0.552. The van der Waals surface area contributed by atoms with Gasteiger partial charge >= 0.3 is 0 Å². The standard InChI is InChI=1S/C19H23N3OS/c1-3-13-4-6-14(7-5-13)17(23)12(2)24-19-21-20-18(15-8-9-15)22(19)16-10-11-16/h4-7,12,15-16H,3,8-11H2,1-2H3/t12-/m0/s1. The van der Waals surface area contributed by atoms with Crippen molar-refractivity contribution in [2.75, 3.05) is 0 Å². The number of thioether (sulfide) groups is 1. The zero-order chi connectivity index (χ0) is 16.7. The van der Waals surface area contributed by atoms with Crippen LogP contribution in [-0.2, 0) is 6.42 Å². The number of ketones is 1. The first-order valence-corrected chi connectivity index (χ1v) is 9.80. The van der Waals surface area contributed by atoms with Gasteiger partial charge in [0, 0.05) is 17.5 Å². The Balaban J connectivity index is 1.51. The van der Waals surface area contributed by atoms with Gasteiger partial charge < -0.3 is 4.57 Å². The van der Waals surface area contributed by atoms with Gasteiger partial charge in [-0.05, 0) is 44.6 Å². The highest BCUT2D eigenvalue weighted by Crippen LogP contribution is 2.46. The van der Waals surface area contributed by atoms with E-state index in [0.29, 0.717) is 12.0 Å². The SMILES string of the molecule is CCc1ccc(C(=O)[C@H](C)Sc2nnc(C3CC3)n2C2CC2)cc1. The van der Waals surface area contributed by atoms with Gasteiger partial charge in [-0.15, -0.1) is 10.2 Å². The molecule has 24 heavy (non-hydrogen) atoms. The van der Waals surface area contributed by atoms with Crippen LogP contribution in [0.2, 0.25) is 0 Å². The van der Waals surface area contributed by atoms with E-state index in [0.717, 1.165) is 23.0 Å². The summed E-state index contributed by atoms with van der Waals surface area (Å²) in [5.74, 6) is 1.91. The molecule has 0 spiro atoms. The van der Waals surface area contributed by atoms with Crippen LogP contribution < -0.4 is 0 Å². The topological polar surface area (TPSA) is 47.8 Å². The summed E-state index contributed by atoms with van der Waals surface area (Å²) in [5, 5.41) is 9.61. The van der Waals surface area contributed by atoms with Crippen molar-refractivity contribution in [3.8, 4) is 0 Å². The van der Waals surface area contributed by atoms with Gasteiger partial charge in [0.15, 0.2) is 10.9 Å². The van der Waals surface area contributed by atoms with Crippen LogP contribution in [0.4, 0.5) is 0 Å². The van der Waals surface area contributed by atoms with Crippen molar-refractivity contribution in [2.24, 2.45) is 0 Å². The molecule has 4 nitrogen and oxygen atoms in total. The fraction of sp³-hybridized carbons (Fsp3) is 0.526. The molecule has 0 N–H and O–H groups in total. The van der Waals surface area contributed by atoms with Gasteiger partial charge in [-0.3, -0.25) is 4.79 Å². The lowest BCUT2D eigenvalue weighted by molar-refractivity contribution is 0.0994. The predicted molar refractivity (Wildman–Crippen MR) is 95.7 cm³/mol. The number of carbonyl (C=O) groups excluding carboxylic acids is 1. The van der Waals surface area contributed by atoms with Crippen molar-refractivity contribution in [1.82, 2.24) is 14.8 Å². The molecule has 0 saturated heterocycles. The molecule has 2 aliphatic rings. The number of nitrogens with zero attached hydrogens (tertiary/aromatic N) is 3. The Labute approximate surface area is 147 Å². The third kappa shape index (κ3) is 3.14. The van der Waals surface area contributed by atoms with E-state index >= 15 is 0 Å². The Morgan fingerprint density at radius 2 is 1.92 bits per heavy atom. The molecule has 0 bridgehead atoms. The van der Waals surface area contributed by atoms with E-state index in [9.17, 15) is 4.79 Å². The molecule has 0 unspecified atom stereocenters. The third-order valence-electron chi connectivity index (χ3n) is 4.84. The molecule has 126 valence electrons. The van der Waals surface area contributed by atoms with Gasteiger partial charge in [-0.2, -0.15) is 0 Å². The van der Waals surface area contributed by atoms with E-state index in [1.165, 1.54) is 31.2 Å². The molecule has 5 heteroatoms. The highest BCUT2D eigenvalue weighted by molar-refractivity contribution is 8.00. The Morgan fingerprint density at radius 1 is 1.21 bits per heavy atom. The fourth-order valence-corrected chi connectivity index (χ4v) is 4.02. The second-order valence-corrected chi connectivity index (χ2v) is 8.20. The lowest BCUT2D eigenvalue weighted by atomic mass is 10.1. The van der Waals surface area contributed by atoms with Gasteiger partial charge in [-0.1, -0.05) is 43.0 Å². The van der Waals surface area contributed by atoms with Crippen molar-refractivity contribution in [1.29, 1.82) is 0 Å². The Morgan fingerprint density at radius 3 is 2.50 bits per heavy atom. The highest BCUT2D eigenvalue weighted by Gasteiger charge is 2.37. The summed E-state index contributed by atoms with van der Waals surface area (Å²) in [5.41, 5.74) is 2.04. The van der Waals surface area contributed by atoms with Gasteiger partial charge in [0.1, 0.15) is 5.82 Å². The smallest absolute Gasteiger partial charge is 0.192 e. The van der Waals surface area contributed by atoms with Gasteiger partial charge in [0.05, 0.1) is 5.25 Å². The molecule has 2 aliphatic carbocycles. The zero-order valence-electron chi connectivity index (χ0n) is 14.2. The van der Waals surface area contributed by atoms with E-state index in [2.05, 4.69) is 21.7 Å². The predicted octanol–water partition coefficient (Wildman–Crippen LogP) is 4.42. The summed E-state index contributed by atoms with van der Waals surface area (Å²) in [7, 11) is 0. The molecule has 0 aliphatic heterocycles. The minimum atomic E-state index is -0.147. The van der Waals surface area contributed by atoms with Crippen LogP contribution in [0.5, 0.6) is 0 Å². The maximum Gasteiger partial charge on any atom is 0.192 e. The first-order chi connectivity index (χ1) is 11.7. The number of Topliss-reactive ketones (excluding diaryl/α,β-unsaturated/α-hetero) is 1. The maximum atomic E-state index is 12.7. The Hall–Kier alpha value is -1.62. The number of carbonyl (C=O) groups is 1. The van der Waals surface area contributed by atoms with Crippen LogP contribution in [0, 0.1) is 0 Å². The summed E-state index contributed by atoms with van der Waals surface area (Å²) in [6.45, 7) is 4.10. The minimum Gasteiger partial charge on any atom is -0.303 e. The van der Waals surface area contributed by atoms with E-state index in [4.69, 9.17) is 0 Å². The molecule has 0 radical (unpaired) electrons. The van der Waals surface area contributed by atoms with Crippen molar-refractivity contribution in [3.05, 3.63) is 41.2 Å². The van der Waals surface area contributed by atoms with Crippen molar-refractivity contribution in [2.45, 2.75) is 68.3 Å². The molecular weight excluding hydrogens is 318 g/mol. The maximum absolute atomic E-state index is 12.7. The van der Waals surface area contributed by atoms with Gasteiger partial charge in [0.25, 0.3) is 0 Å². The molecule has 0 amide bonds. The molecule has 1 heterocycles. The first-order valence-electron chi connectivity index (χ1n) is 8.92. The Bertz CT molecular complexity index is 744. The average Bonchev–Trinajstić information content (AvgIpc) is 3.53. The molecule has 1 aromatic carbocycles. The zero-order valence-corrected chi connectivity index (χ0v) is 15.1. The number of aromatic nitrogens is 3. The molecule has 1 atom stereocenters. The number of hydrogen-bond donors (Lipinski definition) is 0. The van der Waals surface area contributed by atoms with Crippen LogP contribution in [0.1, 0.15) is 73.2 Å². The summed E-state index contributed by atoms with van der Waals surface area (Å²) >= 11 is 1.56. The minimum absolute atomic E-state index is 0.147. The Kier molecular flexibility index (Phi) is 4.21. The molecule has 4 rings (SSSR count).